The van der Waals surface area contributed by atoms with Crippen molar-refractivity contribution in [1.29, 1.82) is 0 Å². The summed E-state index contributed by atoms with van der Waals surface area (Å²) in [6, 6.07) is 13.9. The van der Waals surface area contributed by atoms with Crippen LogP contribution in [0.5, 0.6) is 5.75 Å². The lowest BCUT2D eigenvalue weighted by Gasteiger charge is -2.10. The van der Waals surface area contributed by atoms with E-state index in [1.807, 2.05) is 54.9 Å². The number of aryl methyl sites for hydroxylation is 2. The number of aromatic nitrogens is 3. The van der Waals surface area contributed by atoms with Crippen LogP contribution < -0.4 is 10.1 Å². The summed E-state index contributed by atoms with van der Waals surface area (Å²) in [6.45, 7) is 6.52. The molecule has 0 unspecified atom stereocenters. The molecular weight excluding hydrogens is 384 g/mol. The Kier molecular flexibility index (Phi) is 6.93. The van der Waals surface area contributed by atoms with Crippen LogP contribution in [0.2, 0.25) is 0 Å². The van der Waals surface area contributed by atoms with Crippen LogP contribution in [-0.4, -0.2) is 26.4 Å². The molecule has 0 saturated carbocycles. The van der Waals surface area contributed by atoms with E-state index in [9.17, 15) is 4.79 Å². The summed E-state index contributed by atoms with van der Waals surface area (Å²) in [6.07, 6.45) is 0.978. The van der Waals surface area contributed by atoms with Gasteiger partial charge in [-0.1, -0.05) is 43.0 Å². The van der Waals surface area contributed by atoms with E-state index in [1.54, 1.807) is 0 Å². The van der Waals surface area contributed by atoms with Gasteiger partial charge >= 0.3 is 0 Å². The van der Waals surface area contributed by atoms with Crippen LogP contribution in [0, 0.1) is 13.8 Å². The van der Waals surface area contributed by atoms with Crippen molar-refractivity contribution in [3.05, 3.63) is 65.0 Å². The Labute approximate surface area is 175 Å². The first-order valence-electron chi connectivity index (χ1n) is 9.56. The Hall–Kier alpha value is -2.80. The number of anilines is 1. The summed E-state index contributed by atoms with van der Waals surface area (Å²) in [5, 5.41) is 12.0. The van der Waals surface area contributed by atoms with Crippen molar-refractivity contribution in [1.82, 2.24) is 14.8 Å². The Bertz CT molecular complexity index is 983. The zero-order chi connectivity index (χ0) is 20.8. The van der Waals surface area contributed by atoms with E-state index in [2.05, 4.69) is 35.4 Å². The van der Waals surface area contributed by atoms with Crippen molar-refractivity contribution >= 4 is 23.4 Å². The zero-order valence-electron chi connectivity index (χ0n) is 17.2. The lowest BCUT2D eigenvalue weighted by molar-refractivity contribution is -0.113. The number of nitrogens with one attached hydrogen (secondary N) is 1. The molecule has 0 aliphatic carbocycles. The van der Waals surface area contributed by atoms with Gasteiger partial charge < -0.3 is 14.6 Å². The van der Waals surface area contributed by atoms with E-state index >= 15 is 0 Å². The minimum atomic E-state index is -0.0737. The Balaban J connectivity index is 1.53. The van der Waals surface area contributed by atoms with Crippen LogP contribution in [-0.2, 0) is 24.9 Å². The van der Waals surface area contributed by atoms with E-state index in [0.29, 0.717) is 17.6 Å². The average Bonchev–Trinajstić information content (AvgIpc) is 3.07. The number of nitrogens with zero attached hydrogens (tertiary/aromatic N) is 3. The van der Waals surface area contributed by atoms with Gasteiger partial charge in [-0.15, -0.1) is 10.2 Å². The number of carbonyl (C=O) groups is 1. The van der Waals surface area contributed by atoms with Gasteiger partial charge in [-0.25, -0.2) is 0 Å². The summed E-state index contributed by atoms with van der Waals surface area (Å²) in [5.74, 6) is 1.74. The highest BCUT2D eigenvalue weighted by Gasteiger charge is 2.13. The second-order valence-corrected chi connectivity index (χ2v) is 7.77. The van der Waals surface area contributed by atoms with Crippen molar-refractivity contribution in [2.24, 2.45) is 7.05 Å². The molecule has 7 heteroatoms. The van der Waals surface area contributed by atoms with E-state index in [4.69, 9.17) is 4.74 Å². The number of benzene rings is 2. The largest absolute Gasteiger partial charge is 0.485 e. The van der Waals surface area contributed by atoms with Crippen LogP contribution in [0.4, 0.5) is 5.69 Å². The van der Waals surface area contributed by atoms with Crippen molar-refractivity contribution in [2.75, 3.05) is 11.1 Å². The molecule has 0 atom stereocenters. The molecule has 152 valence electrons. The van der Waals surface area contributed by atoms with Gasteiger partial charge in [0.2, 0.25) is 5.91 Å². The summed E-state index contributed by atoms with van der Waals surface area (Å²) in [4.78, 5) is 12.2. The molecule has 2 aromatic carbocycles. The number of rotatable bonds is 8. The van der Waals surface area contributed by atoms with Crippen molar-refractivity contribution in [3.8, 4) is 5.75 Å². The van der Waals surface area contributed by atoms with Gasteiger partial charge in [0.05, 0.1) is 5.75 Å². The smallest absolute Gasteiger partial charge is 0.234 e. The van der Waals surface area contributed by atoms with Gasteiger partial charge in [-0.2, -0.15) is 0 Å². The first-order chi connectivity index (χ1) is 14.0. The van der Waals surface area contributed by atoms with Crippen LogP contribution in [0.15, 0.2) is 47.6 Å². The molecule has 0 radical (unpaired) electrons. The predicted molar refractivity (Wildman–Crippen MR) is 116 cm³/mol. The summed E-state index contributed by atoms with van der Waals surface area (Å²) in [7, 11) is 1.88. The maximum atomic E-state index is 12.2. The number of hydrogen-bond acceptors (Lipinski definition) is 5. The summed E-state index contributed by atoms with van der Waals surface area (Å²) >= 11 is 1.35. The fourth-order valence-corrected chi connectivity index (χ4v) is 3.50. The Morgan fingerprint density at radius 3 is 2.62 bits per heavy atom. The standard InChI is InChI=1S/C22H26N4O2S/c1-5-17-9-11-18(12-10-17)23-21(27)14-29-22-25-24-20(26(22)4)13-28-19-8-6-7-15(2)16(19)3/h6-12H,5,13-14H2,1-4H3,(H,23,27). The van der Waals surface area contributed by atoms with Gasteiger partial charge in [-0.3, -0.25) is 4.79 Å². The maximum Gasteiger partial charge on any atom is 0.234 e. The monoisotopic (exact) mass is 410 g/mol. The third kappa shape index (κ3) is 5.38. The number of carbonyl (C=O) groups excluding carboxylic acids is 1. The average molecular weight is 411 g/mol. The van der Waals surface area contributed by atoms with E-state index in [0.717, 1.165) is 23.4 Å². The number of thioether (sulfide) groups is 1. The van der Waals surface area contributed by atoms with Crippen LogP contribution in [0.3, 0.4) is 0 Å². The highest BCUT2D eigenvalue weighted by Crippen LogP contribution is 2.22. The molecule has 3 rings (SSSR count). The van der Waals surface area contributed by atoms with E-state index in [-0.39, 0.29) is 11.7 Å². The molecule has 1 aromatic heterocycles. The molecule has 0 fully saturated rings. The molecule has 0 saturated heterocycles. The molecule has 0 spiro atoms. The minimum absolute atomic E-state index is 0.0737. The first kappa shape index (κ1) is 20.9. The van der Waals surface area contributed by atoms with E-state index < -0.39 is 0 Å². The third-order valence-corrected chi connectivity index (χ3v) is 5.84. The lowest BCUT2D eigenvalue weighted by Crippen LogP contribution is -2.14. The minimum Gasteiger partial charge on any atom is -0.485 e. The molecule has 6 nitrogen and oxygen atoms in total. The summed E-state index contributed by atoms with van der Waals surface area (Å²) < 4.78 is 7.77. The van der Waals surface area contributed by atoms with Gasteiger partial charge in [0.25, 0.3) is 0 Å². The van der Waals surface area contributed by atoms with Gasteiger partial charge in [-0.05, 0) is 55.2 Å². The Morgan fingerprint density at radius 2 is 1.90 bits per heavy atom. The Morgan fingerprint density at radius 1 is 1.14 bits per heavy atom. The maximum absolute atomic E-state index is 12.2. The molecule has 3 aromatic rings. The predicted octanol–water partition coefficient (Wildman–Crippen LogP) is 4.30. The number of ether oxygens (including phenoxy) is 1. The molecule has 29 heavy (non-hydrogen) atoms. The number of amides is 1. The SMILES string of the molecule is CCc1ccc(NC(=O)CSc2nnc(COc3cccc(C)c3C)n2C)cc1. The molecule has 0 aliphatic heterocycles. The van der Waals surface area contributed by atoms with Crippen molar-refractivity contribution in [3.63, 3.8) is 0 Å². The summed E-state index contributed by atoms with van der Waals surface area (Å²) in [5.41, 5.74) is 4.35. The molecule has 1 heterocycles. The van der Waals surface area contributed by atoms with Crippen LogP contribution in [0.25, 0.3) is 0 Å². The van der Waals surface area contributed by atoms with Crippen LogP contribution in [0.1, 0.15) is 29.4 Å². The zero-order valence-corrected chi connectivity index (χ0v) is 18.0. The lowest BCUT2D eigenvalue weighted by atomic mass is 10.1. The normalized spacial score (nSPS) is 10.8. The first-order valence-corrected chi connectivity index (χ1v) is 10.6. The highest BCUT2D eigenvalue weighted by atomic mass is 32.2. The van der Waals surface area contributed by atoms with Crippen molar-refractivity contribution in [2.45, 2.75) is 39.0 Å². The van der Waals surface area contributed by atoms with Crippen LogP contribution >= 0.6 is 11.8 Å². The van der Waals surface area contributed by atoms with E-state index in [1.165, 1.54) is 22.9 Å². The van der Waals surface area contributed by atoms with Gasteiger partial charge in [0, 0.05) is 12.7 Å². The topological polar surface area (TPSA) is 69.0 Å². The van der Waals surface area contributed by atoms with Gasteiger partial charge in [0.15, 0.2) is 11.0 Å². The second kappa shape index (κ2) is 9.60. The molecule has 0 bridgehead atoms. The molecular formula is C22H26N4O2S. The highest BCUT2D eigenvalue weighted by molar-refractivity contribution is 7.99. The fraction of sp³-hybridized carbons (Fsp3) is 0.318. The molecule has 0 aliphatic rings. The quantitative estimate of drug-likeness (QED) is 0.561. The number of hydrogen-bond donors (Lipinski definition) is 1. The molecule has 1 amide bonds. The second-order valence-electron chi connectivity index (χ2n) is 6.83. The fourth-order valence-electron chi connectivity index (χ4n) is 2.77. The molecule has 1 N–H and O–H groups in total. The third-order valence-electron chi connectivity index (χ3n) is 4.82. The van der Waals surface area contributed by atoms with Crippen molar-refractivity contribution < 1.29 is 9.53 Å². The van der Waals surface area contributed by atoms with Gasteiger partial charge in [0.1, 0.15) is 12.4 Å².